The molecule has 0 aliphatic carbocycles. The number of ether oxygens (including phenoxy) is 1. The molecule has 0 saturated heterocycles. The number of hydrogen-bond acceptors (Lipinski definition) is 2. The summed E-state index contributed by atoms with van der Waals surface area (Å²) < 4.78 is 5.43. The van der Waals surface area contributed by atoms with Crippen molar-refractivity contribution in [2.75, 3.05) is 0 Å². The zero-order valence-electron chi connectivity index (χ0n) is 8.79. The summed E-state index contributed by atoms with van der Waals surface area (Å²) in [6.07, 6.45) is 2.14. The first-order chi connectivity index (χ1) is 6.09. The maximum atomic E-state index is 5.43. The van der Waals surface area contributed by atoms with Gasteiger partial charge in [0.25, 0.3) is 0 Å². The maximum Gasteiger partial charge on any atom is 0.132 e. The van der Waals surface area contributed by atoms with Gasteiger partial charge in [0.05, 0.1) is 6.10 Å². The van der Waals surface area contributed by atoms with E-state index < -0.39 is 0 Å². The highest BCUT2D eigenvalue weighted by molar-refractivity contribution is 5.04. The second-order valence-corrected chi connectivity index (χ2v) is 3.80. The molecular weight excluding hydrogens is 164 g/mol. The van der Waals surface area contributed by atoms with E-state index in [4.69, 9.17) is 4.74 Å². The summed E-state index contributed by atoms with van der Waals surface area (Å²) in [7, 11) is 0. The lowest BCUT2D eigenvalue weighted by molar-refractivity contribution is 0.0616. The Morgan fingerprint density at radius 1 is 1.38 bits per heavy atom. The molecule has 0 aliphatic rings. The van der Waals surface area contributed by atoms with Crippen molar-refractivity contribution in [3.8, 4) is 0 Å². The molecule has 0 radical (unpaired) electrons. The van der Waals surface area contributed by atoms with Crippen LogP contribution < -0.4 is 0 Å². The van der Waals surface area contributed by atoms with E-state index in [1.165, 1.54) is 5.69 Å². The van der Waals surface area contributed by atoms with Gasteiger partial charge in [-0.3, -0.25) is 0 Å². The van der Waals surface area contributed by atoms with Gasteiger partial charge in [0, 0.05) is 11.9 Å². The summed E-state index contributed by atoms with van der Waals surface area (Å²) in [4.78, 5) is 7.46. The number of nitrogens with one attached hydrogen (secondary N) is 1. The van der Waals surface area contributed by atoms with Gasteiger partial charge in [-0.25, -0.2) is 4.98 Å². The van der Waals surface area contributed by atoms with Crippen molar-refractivity contribution in [1.29, 1.82) is 0 Å². The first-order valence-electron chi connectivity index (χ1n) is 4.75. The molecule has 0 unspecified atom stereocenters. The Kier molecular flexibility index (Phi) is 3.48. The maximum absolute atomic E-state index is 5.43. The zero-order chi connectivity index (χ0) is 9.84. The van der Waals surface area contributed by atoms with E-state index in [-0.39, 0.29) is 6.10 Å². The van der Waals surface area contributed by atoms with Crippen LogP contribution in [0.25, 0.3) is 0 Å². The lowest BCUT2D eigenvalue weighted by Crippen LogP contribution is -2.03. The third-order valence-corrected chi connectivity index (χ3v) is 1.82. The quantitative estimate of drug-likeness (QED) is 0.776. The van der Waals surface area contributed by atoms with E-state index in [0.29, 0.717) is 12.5 Å². The molecule has 1 aromatic rings. The molecule has 0 spiro atoms. The van der Waals surface area contributed by atoms with Crippen molar-refractivity contribution < 1.29 is 4.74 Å². The topological polar surface area (TPSA) is 37.9 Å². The molecule has 1 aromatic heterocycles. The van der Waals surface area contributed by atoms with Crippen LogP contribution in [0.4, 0.5) is 0 Å². The van der Waals surface area contributed by atoms with Crippen molar-refractivity contribution in [3.05, 3.63) is 17.7 Å². The number of nitrogens with zero attached hydrogens (tertiary/aromatic N) is 1. The van der Waals surface area contributed by atoms with Crippen LogP contribution in [0.2, 0.25) is 0 Å². The van der Waals surface area contributed by atoms with E-state index in [1.807, 2.05) is 20.0 Å². The van der Waals surface area contributed by atoms with E-state index in [9.17, 15) is 0 Å². The molecule has 0 aliphatic heterocycles. The molecular formula is C10H18N2O. The highest BCUT2D eigenvalue weighted by Crippen LogP contribution is 2.11. The smallest absolute Gasteiger partial charge is 0.132 e. The number of rotatable bonds is 4. The van der Waals surface area contributed by atoms with Crippen molar-refractivity contribution in [2.45, 2.75) is 46.3 Å². The molecule has 0 fully saturated rings. The van der Waals surface area contributed by atoms with Gasteiger partial charge < -0.3 is 9.72 Å². The highest BCUT2D eigenvalue weighted by atomic mass is 16.5. The Balaban J connectivity index is 2.49. The largest absolute Gasteiger partial charge is 0.371 e. The van der Waals surface area contributed by atoms with Gasteiger partial charge in [0.1, 0.15) is 12.4 Å². The lowest BCUT2D eigenvalue weighted by atomic mass is 10.2. The minimum absolute atomic E-state index is 0.257. The molecule has 0 saturated carbocycles. The Morgan fingerprint density at radius 2 is 2.08 bits per heavy atom. The van der Waals surface area contributed by atoms with Crippen LogP contribution in [-0.2, 0) is 11.3 Å². The number of aromatic amines is 1. The van der Waals surface area contributed by atoms with Gasteiger partial charge in [-0.1, -0.05) is 13.8 Å². The third kappa shape index (κ3) is 3.19. The predicted octanol–water partition coefficient (Wildman–Crippen LogP) is 2.46. The molecule has 0 aromatic carbocycles. The number of imidazole rings is 1. The second-order valence-electron chi connectivity index (χ2n) is 3.80. The van der Waals surface area contributed by atoms with Gasteiger partial charge in [-0.15, -0.1) is 0 Å². The zero-order valence-corrected chi connectivity index (χ0v) is 8.79. The molecule has 0 amide bonds. The van der Waals surface area contributed by atoms with Gasteiger partial charge >= 0.3 is 0 Å². The molecule has 3 heteroatoms. The van der Waals surface area contributed by atoms with Crippen LogP contribution in [0.1, 0.15) is 45.1 Å². The second kappa shape index (κ2) is 4.42. The normalized spacial score (nSPS) is 11.5. The fourth-order valence-corrected chi connectivity index (χ4v) is 0.991. The number of hydrogen-bond donors (Lipinski definition) is 1. The van der Waals surface area contributed by atoms with Crippen LogP contribution in [-0.4, -0.2) is 16.1 Å². The van der Waals surface area contributed by atoms with Gasteiger partial charge in [0.2, 0.25) is 0 Å². The van der Waals surface area contributed by atoms with E-state index in [1.54, 1.807) is 0 Å². The molecule has 1 N–H and O–H groups in total. The summed E-state index contributed by atoms with van der Waals surface area (Å²) in [5, 5.41) is 0. The Bertz CT molecular complexity index is 253. The van der Waals surface area contributed by atoms with E-state index in [0.717, 1.165) is 5.82 Å². The Labute approximate surface area is 79.5 Å². The van der Waals surface area contributed by atoms with Gasteiger partial charge in [-0.2, -0.15) is 0 Å². The van der Waals surface area contributed by atoms with Crippen LogP contribution in [0.3, 0.4) is 0 Å². The summed E-state index contributed by atoms with van der Waals surface area (Å²) in [6.45, 7) is 8.89. The van der Waals surface area contributed by atoms with Crippen LogP contribution in [0, 0.1) is 0 Å². The average molecular weight is 182 g/mol. The van der Waals surface area contributed by atoms with Crippen molar-refractivity contribution >= 4 is 0 Å². The van der Waals surface area contributed by atoms with E-state index >= 15 is 0 Å². The van der Waals surface area contributed by atoms with Crippen LogP contribution >= 0.6 is 0 Å². The van der Waals surface area contributed by atoms with E-state index in [2.05, 4.69) is 23.8 Å². The minimum atomic E-state index is 0.257. The first-order valence-corrected chi connectivity index (χ1v) is 4.75. The summed E-state index contributed by atoms with van der Waals surface area (Å²) in [5.41, 5.74) is 1.17. The highest BCUT2D eigenvalue weighted by Gasteiger charge is 2.04. The molecule has 74 valence electrons. The summed E-state index contributed by atoms with van der Waals surface area (Å²) in [6, 6.07) is 0. The molecule has 0 atom stereocenters. The van der Waals surface area contributed by atoms with Crippen molar-refractivity contribution in [2.24, 2.45) is 0 Å². The standard InChI is InChI=1S/C10H18N2O/c1-7(2)9-5-11-10(12-9)6-13-8(3)4/h5,7-8H,6H2,1-4H3,(H,11,12). The molecule has 1 rings (SSSR count). The minimum Gasteiger partial charge on any atom is -0.371 e. The summed E-state index contributed by atoms with van der Waals surface area (Å²) >= 11 is 0. The van der Waals surface area contributed by atoms with Crippen LogP contribution in [0.5, 0.6) is 0 Å². The number of H-pyrrole nitrogens is 1. The fourth-order valence-electron chi connectivity index (χ4n) is 0.991. The average Bonchev–Trinajstić information content (AvgIpc) is 2.48. The fraction of sp³-hybridized carbons (Fsp3) is 0.700. The van der Waals surface area contributed by atoms with Gasteiger partial charge in [0.15, 0.2) is 0 Å². The Hall–Kier alpha value is -0.830. The molecule has 3 nitrogen and oxygen atoms in total. The van der Waals surface area contributed by atoms with Crippen molar-refractivity contribution in [1.82, 2.24) is 9.97 Å². The monoisotopic (exact) mass is 182 g/mol. The first kappa shape index (κ1) is 10.3. The Morgan fingerprint density at radius 3 is 2.54 bits per heavy atom. The molecule has 13 heavy (non-hydrogen) atoms. The number of aromatic nitrogens is 2. The molecule has 1 heterocycles. The predicted molar refractivity (Wildman–Crippen MR) is 52.6 cm³/mol. The van der Waals surface area contributed by atoms with Crippen molar-refractivity contribution in [3.63, 3.8) is 0 Å². The van der Waals surface area contributed by atoms with Crippen LogP contribution in [0.15, 0.2) is 6.20 Å². The van der Waals surface area contributed by atoms with Gasteiger partial charge in [-0.05, 0) is 19.8 Å². The molecule has 0 bridgehead atoms. The summed E-state index contributed by atoms with van der Waals surface area (Å²) in [5.74, 6) is 1.41. The SMILES string of the molecule is CC(C)OCc1ncc(C(C)C)[nH]1. The lowest BCUT2D eigenvalue weighted by Gasteiger charge is -2.04. The third-order valence-electron chi connectivity index (χ3n) is 1.82.